The molecule has 2 aromatic heterocycles. The highest BCUT2D eigenvalue weighted by atomic mass is 35.5. The van der Waals surface area contributed by atoms with E-state index in [9.17, 15) is 0 Å². The summed E-state index contributed by atoms with van der Waals surface area (Å²) in [6, 6.07) is 10.2. The number of hydrogen-bond donors (Lipinski definition) is 0. The standard InChI is InChI=1S/C17H19ClN6/c1-13-10-16(17-20-19-12-24(17)21-13)23-8-6-22(7-9-23)11-14-2-4-15(18)5-3-14/h2-5,10,12H,6-9,11H2,1H3. The van der Waals surface area contributed by atoms with Crippen molar-refractivity contribution >= 4 is 22.9 Å². The summed E-state index contributed by atoms with van der Waals surface area (Å²) in [5, 5.41) is 13.4. The molecule has 0 spiro atoms. The average Bonchev–Trinajstić information content (AvgIpc) is 3.05. The van der Waals surface area contributed by atoms with Gasteiger partial charge in [-0.3, -0.25) is 4.90 Å². The molecule has 4 rings (SSSR count). The van der Waals surface area contributed by atoms with Crippen molar-refractivity contribution in [1.29, 1.82) is 0 Å². The number of piperazine rings is 1. The van der Waals surface area contributed by atoms with E-state index in [2.05, 4.69) is 43.3 Å². The summed E-state index contributed by atoms with van der Waals surface area (Å²) in [4.78, 5) is 4.84. The summed E-state index contributed by atoms with van der Waals surface area (Å²) in [5.74, 6) is 0. The van der Waals surface area contributed by atoms with Crippen molar-refractivity contribution in [1.82, 2.24) is 24.7 Å². The molecule has 0 amide bonds. The van der Waals surface area contributed by atoms with Crippen molar-refractivity contribution < 1.29 is 0 Å². The number of aryl methyl sites for hydroxylation is 1. The average molecular weight is 343 g/mol. The Morgan fingerprint density at radius 2 is 1.83 bits per heavy atom. The van der Waals surface area contributed by atoms with Gasteiger partial charge in [-0.25, -0.2) is 0 Å². The van der Waals surface area contributed by atoms with Crippen LogP contribution in [0.15, 0.2) is 36.7 Å². The van der Waals surface area contributed by atoms with E-state index >= 15 is 0 Å². The van der Waals surface area contributed by atoms with Crippen LogP contribution in [0.2, 0.25) is 5.02 Å². The first kappa shape index (κ1) is 15.4. The van der Waals surface area contributed by atoms with Gasteiger partial charge in [0.05, 0.1) is 11.4 Å². The molecule has 7 heteroatoms. The molecule has 1 aliphatic heterocycles. The molecule has 6 nitrogen and oxygen atoms in total. The molecule has 0 N–H and O–H groups in total. The van der Waals surface area contributed by atoms with Gasteiger partial charge in [0.1, 0.15) is 6.33 Å². The Labute approximate surface area is 145 Å². The maximum Gasteiger partial charge on any atom is 0.200 e. The lowest BCUT2D eigenvalue weighted by atomic mass is 10.2. The Morgan fingerprint density at radius 1 is 1.08 bits per heavy atom. The fourth-order valence-electron chi connectivity index (χ4n) is 3.16. The van der Waals surface area contributed by atoms with Gasteiger partial charge in [0.2, 0.25) is 5.65 Å². The fourth-order valence-corrected chi connectivity index (χ4v) is 3.29. The predicted octanol–water partition coefficient (Wildman–Crippen LogP) is 2.41. The van der Waals surface area contributed by atoms with Crippen LogP contribution in [-0.2, 0) is 6.54 Å². The molecular formula is C17H19ClN6. The first-order valence-electron chi connectivity index (χ1n) is 8.08. The predicted molar refractivity (Wildman–Crippen MR) is 94.5 cm³/mol. The molecule has 0 unspecified atom stereocenters. The lowest BCUT2D eigenvalue weighted by Gasteiger charge is -2.36. The molecular weight excluding hydrogens is 324 g/mol. The topological polar surface area (TPSA) is 49.6 Å². The minimum absolute atomic E-state index is 0.786. The smallest absolute Gasteiger partial charge is 0.200 e. The Bertz CT molecular complexity index is 836. The number of nitrogens with zero attached hydrogens (tertiary/aromatic N) is 6. The monoisotopic (exact) mass is 342 g/mol. The molecule has 1 aliphatic rings. The molecule has 0 aliphatic carbocycles. The van der Waals surface area contributed by atoms with E-state index in [0.717, 1.165) is 54.8 Å². The van der Waals surface area contributed by atoms with E-state index in [4.69, 9.17) is 11.6 Å². The number of hydrogen-bond acceptors (Lipinski definition) is 5. The largest absolute Gasteiger partial charge is 0.366 e. The van der Waals surface area contributed by atoms with E-state index in [1.807, 2.05) is 19.1 Å². The van der Waals surface area contributed by atoms with E-state index in [1.165, 1.54) is 5.56 Å². The molecule has 124 valence electrons. The van der Waals surface area contributed by atoms with E-state index in [-0.39, 0.29) is 0 Å². The molecule has 1 fully saturated rings. The number of rotatable bonds is 3. The fraction of sp³-hybridized carbons (Fsp3) is 0.353. The SMILES string of the molecule is Cc1cc(N2CCN(Cc3ccc(Cl)cc3)CC2)c2nncn2n1. The van der Waals surface area contributed by atoms with Gasteiger partial charge in [0, 0.05) is 37.7 Å². The number of aromatic nitrogens is 4. The zero-order valence-corrected chi connectivity index (χ0v) is 14.3. The second kappa shape index (κ2) is 6.37. The lowest BCUT2D eigenvalue weighted by molar-refractivity contribution is 0.250. The normalized spacial score (nSPS) is 16.0. The Morgan fingerprint density at radius 3 is 2.58 bits per heavy atom. The van der Waals surface area contributed by atoms with Crippen LogP contribution in [0.4, 0.5) is 5.69 Å². The minimum atomic E-state index is 0.786. The van der Waals surface area contributed by atoms with Gasteiger partial charge < -0.3 is 4.90 Å². The molecule has 0 bridgehead atoms. The van der Waals surface area contributed by atoms with Crippen LogP contribution >= 0.6 is 11.6 Å². The molecule has 3 aromatic rings. The zero-order valence-electron chi connectivity index (χ0n) is 13.6. The Hall–Kier alpha value is -2.18. The highest BCUT2D eigenvalue weighted by Gasteiger charge is 2.20. The summed E-state index contributed by atoms with van der Waals surface area (Å²) in [6.45, 7) is 6.94. The minimum Gasteiger partial charge on any atom is -0.366 e. The van der Waals surface area contributed by atoms with Gasteiger partial charge in [-0.2, -0.15) is 9.61 Å². The third-order valence-corrected chi connectivity index (χ3v) is 4.66. The van der Waals surface area contributed by atoms with Crippen LogP contribution in [0.3, 0.4) is 0 Å². The van der Waals surface area contributed by atoms with Crippen LogP contribution in [0.25, 0.3) is 5.65 Å². The molecule has 3 heterocycles. The molecule has 24 heavy (non-hydrogen) atoms. The maximum absolute atomic E-state index is 5.95. The van der Waals surface area contributed by atoms with Gasteiger partial charge in [-0.1, -0.05) is 23.7 Å². The van der Waals surface area contributed by atoms with Crippen LogP contribution in [0.5, 0.6) is 0 Å². The summed E-state index contributed by atoms with van der Waals surface area (Å²) in [6.07, 6.45) is 1.66. The first-order valence-corrected chi connectivity index (χ1v) is 8.46. The number of anilines is 1. The van der Waals surface area contributed by atoms with Crippen LogP contribution < -0.4 is 4.90 Å². The lowest BCUT2D eigenvalue weighted by Crippen LogP contribution is -2.46. The first-order chi connectivity index (χ1) is 11.7. The number of benzene rings is 1. The summed E-state index contributed by atoms with van der Waals surface area (Å²) < 4.78 is 1.75. The summed E-state index contributed by atoms with van der Waals surface area (Å²) >= 11 is 5.95. The van der Waals surface area contributed by atoms with Gasteiger partial charge in [0.15, 0.2) is 0 Å². The van der Waals surface area contributed by atoms with Gasteiger partial charge in [-0.15, -0.1) is 10.2 Å². The molecule has 1 aromatic carbocycles. The second-order valence-electron chi connectivity index (χ2n) is 6.16. The van der Waals surface area contributed by atoms with Crippen molar-refractivity contribution in [3.63, 3.8) is 0 Å². The van der Waals surface area contributed by atoms with Crippen molar-refractivity contribution in [2.45, 2.75) is 13.5 Å². The Balaban J connectivity index is 1.45. The second-order valence-corrected chi connectivity index (χ2v) is 6.60. The summed E-state index contributed by atoms with van der Waals surface area (Å²) in [7, 11) is 0. The number of halogens is 1. The van der Waals surface area contributed by atoms with Gasteiger partial charge in [0.25, 0.3) is 0 Å². The maximum atomic E-state index is 5.95. The molecule has 1 saturated heterocycles. The van der Waals surface area contributed by atoms with Crippen LogP contribution in [0, 0.1) is 6.92 Å². The highest BCUT2D eigenvalue weighted by molar-refractivity contribution is 6.30. The van der Waals surface area contributed by atoms with Crippen molar-refractivity contribution in [2.75, 3.05) is 31.1 Å². The molecule has 0 saturated carbocycles. The van der Waals surface area contributed by atoms with Crippen molar-refractivity contribution in [3.8, 4) is 0 Å². The Kier molecular flexibility index (Phi) is 4.08. The highest BCUT2D eigenvalue weighted by Crippen LogP contribution is 2.22. The third-order valence-electron chi connectivity index (χ3n) is 4.40. The zero-order chi connectivity index (χ0) is 16.5. The van der Waals surface area contributed by atoms with Crippen LogP contribution in [0.1, 0.15) is 11.3 Å². The molecule has 0 radical (unpaired) electrons. The quantitative estimate of drug-likeness (QED) is 0.731. The third kappa shape index (κ3) is 3.07. The van der Waals surface area contributed by atoms with Crippen LogP contribution in [-0.4, -0.2) is 50.9 Å². The van der Waals surface area contributed by atoms with E-state index in [0.29, 0.717) is 0 Å². The van der Waals surface area contributed by atoms with E-state index < -0.39 is 0 Å². The van der Waals surface area contributed by atoms with Gasteiger partial charge >= 0.3 is 0 Å². The van der Waals surface area contributed by atoms with Crippen molar-refractivity contribution in [2.24, 2.45) is 0 Å². The van der Waals surface area contributed by atoms with E-state index in [1.54, 1.807) is 10.8 Å². The number of fused-ring (bicyclic) bond motifs is 1. The summed E-state index contributed by atoms with van der Waals surface area (Å²) in [5.41, 5.74) is 4.21. The molecule has 0 atom stereocenters. The van der Waals surface area contributed by atoms with Gasteiger partial charge in [-0.05, 0) is 30.7 Å². The van der Waals surface area contributed by atoms with Crippen molar-refractivity contribution in [3.05, 3.63) is 52.9 Å².